The number of benzene rings is 1. The smallest absolute Gasteiger partial charge is 0.236 e. The first-order chi connectivity index (χ1) is 8.99. The lowest BCUT2D eigenvalue weighted by molar-refractivity contribution is -0.127. The summed E-state index contributed by atoms with van der Waals surface area (Å²) in [7, 11) is 1.79. The van der Waals surface area contributed by atoms with E-state index >= 15 is 0 Å². The zero-order chi connectivity index (χ0) is 14.0. The van der Waals surface area contributed by atoms with Crippen molar-refractivity contribution in [1.82, 2.24) is 0 Å². The summed E-state index contributed by atoms with van der Waals surface area (Å²) in [6.45, 7) is 4.83. The monoisotopic (exact) mass is 262 g/mol. The fourth-order valence-corrected chi connectivity index (χ4v) is 2.36. The van der Waals surface area contributed by atoms with E-state index in [1.807, 2.05) is 31.2 Å². The molecular weight excluding hydrogens is 240 g/mol. The molecule has 4 heteroatoms. The van der Waals surface area contributed by atoms with Gasteiger partial charge in [0.05, 0.1) is 18.6 Å². The van der Waals surface area contributed by atoms with Crippen LogP contribution in [0.2, 0.25) is 0 Å². The lowest BCUT2D eigenvalue weighted by Gasteiger charge is -2.30. The molecule has 1 aliphatic rings. The van der Waals surface area contributed by atoms with Gasteiger partial charge in [-0.15, -0.1) is 0 Å². The van der Waals surface area contributed by atoms with Crippen molar-refractivity contribution in [3.8, 4) is 0 Å². The summed E-state index contributed by atoms with van der Waals surface area (Å²) < 4.78 is 5.34. The summed E-state index contributed by atoms with van der Waals surface area (Å²) >= 11 is 0. The number of carbonyl (C=O) groups excluding carboxylic acids is 1. The lowest BCUT2D eigenvalue weighted by atomic mass is 9.84. The summed E-state index contributed by atoms with van der Waals surface area (Å²) in [6, 6.07) is 7.80. The number of ether oxygens (including phenoxy) is 1. The number of nitrogens with two attached hydrogens (primary N) is 1. The normalized spacial score (nSPS) is 26.4. The highest BCUT2D eigenvalue weighted by Gasteiger charge is 2.45. The molecule has 2 N–H and O–H groups in total. The molecule has 0 aliphatic carbocycles. The molecule has 1 fully saturated rings. The molecule has 104 valence electrons. The number of anilines is 1. The van der Waals surface area contributed by atoms with E-state index in [9.17, 15) is 4.79 Å². The van der Waals surface area contributed by atoms with Gasteiger partial charge in [0.1, 0.15) is 0 Å². The second kappa shape index (κ2) is 5.31. The van der Waals surface area contributed by atoms with Gasteiger partial charge in [-0.3, -0.25) is 4.79 Å². The van der Waals surface area contributed by atoms with Gasteiger partial charge in [0.15, 0.2) is 0 Å². The Balaban J connectivity index is 2.18. The van der Waals surface area contributed by atoms with Gasteiger partial charge < -0.3 is 15.4 Å². The molecule has 1 aromatic rings. The Morgan fingerprint density at radius 2 is 2.11 bits per heavy atom. The third-order valence-electron chi connectivity index (χ3n) is 4.04. The van der Waals surface area contributed by atoms with Crippen LogP contribution >= 0.6 is 0 Å². The SMILES string of the molecule is CCc1ccc(N(C)C(=O)C2(C)COCC2N)cc1. The van der Waals surface area contributed by atoms with Crippen molar-refractivity contribution in [1.29, 1.82) is 0 Å². The van der Waals surface area contributed by atoms with Gasteiger partial charge in [-0.05, 0) is 31.0 Å². The van der Waals surface area contributed by atoms with Crippen molar-refractivity contribution >= 4 is 11.6 Å². The Morgan fingerprint density at radius 1 is 1.47 bits per heavy atom. The first-order valence-corrected chi connectivity index (χ1v) is 6.69. The molecule has 4 nitrogen and oxygen atoms in total. The van der Waals surface area contributed by atoms with Crippen LogP contribution in [0, 0.1) is 5.41 Å². The number of carbonyl (C=O) groups is 1. The largest absolute Gasteiger partial charge is 0.379 e. The molecular formula is C15H22N2O2. The fourth-order valence-electron chi connectivity index (χ4n) is 2.36. The highest BCUT2D eigenvalue weighted by atomic mass is 16.5. The quantitative estimate of drug-likeness (QED) is 0.899. The van der Waals surface area contributed by atoms with E-state index < -0.39 is 5.41 Å². The van der Waals surface area contributed by atoms with E-state index in [2.05, 4.69) is 6.92 Å². The minimum absolute atomic E-state index is 0.0155. The topological polar surface area (TPSA) is 55.6 Å². The van der Waals surface area contributed by atoms with Crippen molar-refractivity contribution < 1.29 is 9.53 Å². The number of nitrogens with zero attached hydrogens (tertiary/aromatic N) is 1. The average Bonchev–Trinajstić information content (AvgIpc) is 2.78. The molecule has 0 aromatic heterocycles. The van der Waals surface area contributed by atoms with Crippen LogP contribution < -0.4 is 10.6 Å². The van der Waals surface area contributed by atoms with Gasteiger partial charge in [-0.25, -0.2) is 0 Å². The maximum absolute atomic E-state index is 12.6. The molecule has 0 saturated carbocycles. The first kappa shape index (κ1) is 14.0. The van der Waals surface area contributed by atoms with Crippen LogP contribution in [0.5, 0.6) is 0 Å². The predicted molar refractivity (Wildman–Crippen MR) is 76.1 cm³/mol. The molecule has 1 heterocycles. The summed E-state index contributed by atoms with van der Waals surface area (Å²) in [6.07, 6.45) is 0.994. The molecule has 1 saturated heterocycles. The Kier molecular flexibility index (Phi) is 3.92. The van der Waals surface area contributed by atoms with Gasteiger partial charge >= 0.3 is 0 Å². The molecule has 1 aliphatic heterocycles. The maximum atomic E-state index is 12.6. The Hall–Kier alpha value is -1.39. The van der Waals surface area contributed by atoms with E-state index in [0.717, 1.165) is 12.1 Å². The molecule has 1 aromatic carbocycles. The van der Waals surface area contributed by atoms with Crippen LogP contribution in [-0.4, -0.2) is 32.2 Å². The van der Waals surface area contributed by atoms with Crippen LogP contribution in [0.4, 0.5) is 5.69 Å². The minimum atomic E-state index is -0.627. The van der Waals surface area contributed by atoms with Crippen molar-refractivity contribution in [2.24, 2.45) is 11.1 Å². The number of amides is 1. The van der Waals surface area contributed by atoms with Crippen LogP contribution in [0.25, 0.3) is 0 Å². The zero-order valence-electron chi connectivity index (χ0n) is 11.8. The fraction of sp³-hybridized carbons (Fsp3) is 0.533. The Labute approximate surface area is 114 Å². The molecule has 0 radical (unpaired) electrons. The van der Waals surface area contributed by atoms with E-state index in [1.165, 1.54) is 5.56 Å². The van der Waals surface area contributed by atoms with Crippen LogP contribution in [0.15, 0.2) is 24.3 Å². The number of hydrogen-bond donors (Lipinski definition) is 1. The van der Waals surface area contributed by atoms with Crippen LogP contribution in [-0.2, 0) is 16.0 Å². The average molecular weight is 262 g/mol. The zero-order valence-corrected chi connectivity index (χ0v) is 11.8. The second-order valence-electron chi connectivity index (χ2n) is 5.42. The standard InChI is InChI=1S/C15H22N2O2/c1-4-11-5-7-12(8-6-11)17(3)14(18)15(2)10-19-9-13(15)16/h5-8,13H,4,9-10,16H2,1-3H3. The third-order valence-corrected chi connectivity index (χ3v) is 4.04. The van der Waals surface area contributed by atoms with Crippen LogP contribution in [0.3, 0.4) is 0 Å². The highest BCUT2D eigenvalue weighted by molar-refractivity contribution is 5.97. The van der Waals surface area contributed by atoms with E-state index in [-0.39, 0.29) is 11.9 Å². The third kappa shape index (κ3) is 2.51. The number of rotatable bonds is 3. The highest BCUT2D eigenvalue weighted by Crippen LogP contribution is 2.31. The van der Waals surface area contributed by atoms with E-state index in [4.69, 9.17) is 10.5 Å². The summed E-state index contributed by atoms with van der Waals surface area (Å²) in [5.41, 5.74) is 7.53. The molecule has 0 bridgehead atoms. The second-order valence-corrected chi connectivity index (χ2v) is 5.42. The molecule has 19 heavy (non-hydrogen) atoms. The van der Waals surface area contributed by atoms with Gasteiger partial charge in [-0.2, -0.15) is 0 Å². The summed E-state index contributed by atoms with van der Waals surface area (Å²) in [5, 5.41) is 0. The first-order valence-electron chi connectivity index (χ1n) is 6.69. The minimum Gasteiger partial charge on any atom is -0.379 e. The molecule has 2 unspecified atom stereocenters. The van der Waals surface area contributed by atoms with Crippen molar-refractivity contribution in [3.05, 3.63) is 29.8 Å². The van der Waals surface area contributed by atoms with E-state index in [1.54, 1.807) is 11.9 Å². The predicted octanol–water partition coefficient (Wildman–Crippen LogP) is 1.58. The van der Waals surface area contributed by atoms with Gasteiger partial charge in [0.25, 0.3) is 0 Å². The maximum Gasteiger partial charge on any atom is 0.236 e. The molecule has 0 spiro atoms. The summed E-state index contributed by atoms with van der Waals surface area (Å²) in [4.78, 5) is 14.3. The Bertz CT molecular complexity index is 458. The Morgan fingerprint density at radius 3 is 2.58 bits per heavy atom. The van der Waals surface area contributed by atoms with Crippen molar-refractivity contribution in [2.45, 2.75) is 26.3 Å². The molecule has 1 amide bonds. The van der Waals surface area contributed by atoms with Gasteiger partial charge in [0.2, 0.25) is 5.91 Å². The molecule has 2 rings (SSSR count). The van der Waals surface area contributed by atoms with Crippen molar-refractivity contribution in [3.63, 3.8) is 0 Å². The van der Waals surface area contributed by atoms with E-state index in [0.29, 0.717) is 13.2 Å². The molecule has 2 atom stereocenters. The van der Waals surface area contributed by atoms with Gasteiger partial charge in [-0.1, -0.05) is 19.1 Å². The number of hydrogen-bond acceptors (Lipinski definition) is 3. The van der Waals surface area contributed by atoms with Gasteiger partial charge in [0, 0.05) is 18.8 Å². The lowest BCUT2D eigenvalue weighted by Crippen LogP contribution is -2.50. The van der Waals surface area contributed by atoms with Crippen molar-refractivity contribution in [2.75, 3.05) is 25.2 Å². The number of aryl methyl sites for hydroxylation is 1. The summed E-state index contributed by atoms with van der Waals surface area (Å²) in [5.74, 6) is 0.0155. The van der Waals surface area contributed by atoms with Crippen LogP contribution in [0.1, 0.15) is 19.4 Å².